The average molecular weight is 111 g/mol. The summed E-state index contributed by atoms with van der Waals surface area (Å²) in [5, 5.41) is 0. The molecule has 1 aliphatic carbocycles. The summed E-state index contributed by atoms with van der Waals surface area (Å²) in [6.45, 7) is 2.26. The first-order chi connectivity index (χ1) is 3.84. The predicted octanol–water partition coefficient (Wildman–Crippen LogP) is 1.88. The van der Waals surface area contributed by atoms with Gasteiger partial charge in [-0.2, -0.15) is 0 Å². The van der Waals surface area contributed by atoms with Crippen molar-refractivity contribution < 1.29 is 0 Å². The van der Waals surface area contributed by atoms with E-state index >= 15 is 0 Å². The quantitative estimate of drug-likeness (QED) is 0.452. The van der Waals surface area contributed by atoms with Crippen molar-refractivity contribution in [3.63, 3.8) is 0 Å². The monoisotopic (exact) mass is 111 g/mol. The van der Waals surface area contributed by atoms with Crippen LogP contribution >= 0.6 is 0 Å². The van der Waals surface area contributed by atoms with E-state index in [2.05, 4.69) is 11.9 Å². The van der Waals surface area contributed by atoms with Gasteiger partial charge in [-0.25, -0.2) is 0 Å². The maximum atomic E-state index is 4.19. The lowest BCUT2D eigenvalue weighted by Gasteiger charge is -1.98. The van der Waals surface area contributed by atoms with Crippen LogP contribution in [0, 0.1) is 5.92 Å². The molecule has 0 bridgehead atoms. The maximum Gasteiger partial charge on any atom is 0.0276 e. The van der Waals surface area contributed by atoms with Crippen LogP contribution in [0.2, 0.25) is 0 Å². The Kier molecular flexibility index (Phi) is 1.66. The minimum atomic E-state index is 0.778. The van der Waals surface area contributed by atoms with Crippen molar-refractivity contribution in [3.05, 3.63) is 0 Å². The van der Waals surface area contributed by atoms with Crippen LogP contribution in [0.15, 0.2) is 4.99 Å². The first-order valence-corrected chi connectivity index (χ1v) is 3.30. The third-order valence-electron chi connectivity index (χ3n) is 1.93. The van der Waals surface area contributed by atoms with Crippen molar-refractivity contribution >= 4 is 5.71 Å². The van der Waals surface area contributed by atoms with E-state index in [1.54, 1.807) is 0 Å². The normalized spacial score (nSPS) is 34.2. The molecule has 0 spiro atoms. The minimum Gasteiger partial charge on any atom is -0.297 e. The third kappa shape index (κ3) is 0.908. The Balaban J connectivity index is 2.55. The molecule has 8 heavy (non-hydrogen) atoms. The van der Waals surface area contributed by atoms with Gasteiger partial charge < -0.3 is 0 Å². The summed E-state index contributed by atoms with van der Waals surface area (Å²) >= 11 is 0. The Morgan fingerprint density at radius 2 is 2.38 bits per heavy atom. The van der Waals surface area contributed by atoms with Gasteiger partial charge >= 0.3 is 0 Å². The van der Waals surface area contributed by atoms with Crippen molar-refractivity contribution in [3.8, 4) is 0 Å². The van der Waals surface area contributed by atoms with Gasteiger partial charge in [0, 0.05) is 12.8 Å². The maximum absolute atomic E-state index is 4.19. The van der Waals surface area contributed by atoms with E-state index in [1.165, 1.54) is 25.0 Å². The van der Waals surface area contributed by atoms with Crippen molar-refractivity contribution in [1.29, 1.82) is 0 Å². The predicted molar refractivity (Wildman–Crippen MR) is 36.4 cm³/mol. The lowest BCUT2D eigenvalue weighted by Crippen LogP contribution is -2.00. The molecule has 1 heteroatoms. The molecule has 0 radical (unpaired) electrons. The highest BCUT2D eigenvalue weighted by Gasteiger charge is 2.15. The summed E-state index contributed by atoms with van der Waals surface area (Å²) in [7, 11) is 1.90. The van der Waals surface area contributed by atoms with Crippen LogP contribution in [-0.4, -0.2) is 12.8 Å². The Morgan fingerprint density at radius 1 is 1.62 bits per heavy atom. The topological polar surface area (TPSA) is 12.4 Å². The van der Waals surface area contributed by atoms with Crippen LogP contribution in [0.1, 0.15) is 26.2 Å². The molecule has 0 heterocycles. The van der Waals surface area contributed by atoms with Gasteiger partial charge in [-0.1, -0.05) is 6.92 Å². The van der Waals surface area contributed by atoms with E-state index in [-0.39, 0.29) is 0 Å². The highest BCUT2D eigenvalue weighted by molar-refractivity contribution is 5.88. The number of rotatable bonds is 0. The molecule has 1 unspecified atom stereocenters. The molecular formula is C7H13N. The summed E-state index contributed by atoms with van der Waals surface area (Å²) in [6.07, 6.45) is 3.96. The van der Waals surface area contributed by atoms with Gasteiger partial charge in [0.15, 0.2) is 0 Å². The molecule has 1 rings (SSSR count). The van der Waals surface area contributed by atoms with Gasteiger partial charge in [-0.15, -0.1) is 0 Å². The van der Waals surface area contributed by atoms with Crippen LogP contribution in [0.4, 0.5) is 0 Å². The fourth-order valence-electron chi connectivity index (χ4n) is 1.33. The standard InChI is InChI=1S/C7H13N/c1-6-4-3-5-7(6)8-2/h6H,3-5H2,1-2H3/b8-7+. The van der Waals surface area contributed by atoms with E-state index in [1.807, 2.05) is 7.05 Å². The van der Waals surface area contributed by atoms with E-state index in [9.17, 15) is 0 Å². The van der Waals surface area contributed by atoms with E-state index in [0.717, 1.165) is 5.92 Å². The van der Waals surface area contributed by atoms with Crippen molar-refractivity contribution in [2.45, 2.75) is 26.2 Å². The lowest BCUT2D eigenvalue weighted by molar-refractivity contribution is 0.727. The second kappa shape index (κ2) is 2.29. The Hall–Kier alpha value is -0.330. The van der Waals surface area contributed by atoms with E-state index in [0.29, 0.717) is 0 Å². The van der Waals surface area contributed by atoms with Crippen LogP contribution in [0.5, 0.6) is 0 Å². The van der Waals surface area contributed by atoms with Crippen LogP contribution in [0.3, 0.4) is 0 Å². The van der Waals surface area contributed by atoms with Crippen molar-refractivity contribution in [1.82, 2.24) is 0 Å². The molecule has 1 saturated carbocycles. The first-order valence-electron chi connectivity index (χ1n) is 3.30. The number of hydrogen-bond acceptors (Lipinski definition) is 1. The molecule has 0 amide bonds. The number of hydrogen-bond donors (Lipinski definition) is 0. The first kappa shape index (κ1) is 5.80. The summed E-state index contributed by atoms with van der Waals surface area (Å²) in [5.41, 5.74) is 1.42. The van der Waals surface area contributed by atoms with Gasteiger partial charge in [-0.05, 0) is 25.2 Å². The molecule has 46 valence electrons. The highest BCUT2D eigenvalue weighted by atomic mass is 14.7. The Labute approximate surface area is 50.8 Å². The van der Waals surface area contributed by atoms with Gasteiger partial charge in [-0.3, -0.25) is 4.99 Å². The number of nitrogens with zero attached hydrogens (tertiary/aromatic N) is 1. The van der Waals surface area contributed by atoms with E-state index < -0.39 is 0 Å². The smallest absolute Gasteiger partial charge is 0.0276 e. The number of aliphatic imine (C=N–C) groups is 1. The molecule has 1 atom stereocenters. The second-order valence-electron chi connectivity index (χ2n) is 2.51. The molecular weight excluding hydrogens is 98.1 g/mol. The molecule has 0 aromatic heterocycles. The van der Waals surface area contributed by atoms with Crippen molar-refractivity contribution in [2.24, 2.45) is 10.9 Å². The fraction of sp³-hybridized carbons (Fsp3) is 0.857. The molecule has 0 aromatic carbocycles. The molecule has 0 N–H and O–H groups in total. The highest BCUT2D eigenvalue weighted by Crippen LogP contribution is 2.21. The van der Waals surface area contributed by atoms with Gasteiger partial charge in [0.25, 0.3) is 0 Å². The van der Waals surface area contributed by atoms with Gasteiger partial charge in [0.1, 0.15) is 0 Å². The van der Waals surface area contributed by atoms with Crippen LogP contribution < -0.4 is 0 Å². The lowest BCUT2D eigenvalue weighted by atomic mass is 10.1. The van der Waals surface area contributed by atoms with Gasteiger partial charge in [0.2, 0.25) is 0 Å². The largest absolute Gasteiger partial charge is 0.297 e. The summed E-state index contributed by atoms with van der Waals surface area (Å²) in [6, 6.07) is 0. The molecule has 1 aliphatic rings. The molecule has 0 aromatic rings. The second-order valence-corrected chi connectivity index (χ2v) is 2.51. The van der Waals surface area contributed by atoms with E-state index in [4.69, 9.17) is 0 Å². The zero-order chi connectivity index (χ0) is 5.98. The average Bonchev–Trinajstić information content (AvgIpc) is 2.14. The van der Waals surface area contributed by atoms with Crippen LogP contribution in [0.25, 0.3) is 0 Å². The zero-order valence-corrected chi connectivity index (χ0v) is 5.65. The fourth-order valence-corrected chi connectivity index (χ4v) is 1.33. The Morgan fingerprint density at radius 3 is 2.62 bits per heavy atom. The zero-order valence-electron chi connectivity index (χ0n) is 5.65. The van der Waals surface area contributed by atoms with Gasteiger partial charge in [0.05, 0.1) is 0 Å². The Bertz CT molecular complexity index is 105. The summed E-state index contributed by atoms with van der Waals surface area (Å²) < 4.78 is 0. The molecule has 1 fully saturated rings. The summed E-state index contributed by atoms with van der Waals surface area (Å²) in [4.78, 5) is 4.19. The molecule has 1 nitrogen and oxygen atoms in total. The minimum absolute atomic E-state index is 0.778. The van der Waals surface area contributed by atoms with Crippen LogP contribution in [-0.2, 0) is 0 Å². The summed E-state index contributed by atoms with van der Waals surface area (Å²) in [5.74, 6) is 0.778. The molecule has 0 aliphatic heterocycles. The SMILES string of the molecule is C/N=C1\CCCC1C. The molecule has 0 saturated heterocycles. The third-order valence-corrected chi connectivity index (χ3v) is 1.93. The van der Waals surface area contributed by atoms with Crippen molar-refractivity contribution in [2.75, 3.05) is 7.05 Å².